The molecule has 0 aliphatic rings. The highest BCUT2D eigenvalue weighted by Gasteiger charge is 2.37. The van der Waals surface area contributed by atoms with Crippen LogP contribution in [0.15, 0.2) is 42.5 Å². The Labute approximate surface area is 103 Å². The van der Waals surface area contributed by atoms with E-state index in [0.29, 0.717) is 10.8 Å². The van der Waals surface area contributed by atoms with Crippen LogP contribution in [0.25, 0.3) is 10.8 Å². The molecule has 0 bridgehead atoms. The maximum Gasteiger partial charge on any atom is 0.338 e. The summed E-state index contributed by atoms with van der Waals surface area (Å²) in [7, 11) is -5.65. The third-order valence-corrected chi connectivity index (χ3v) is 3.52. The van der Waals surface area contributed by atoms with Gasteiger partial charge in [0.2, 0.25) is 0 Å². The van der Waals surface area contributed by atoms with E-state index >= 15 is 0 Å². The van der Waals surface area contributed by atoms with E-state index in [2.05, 4.69) is 0 Å². The fraction of sp³-hybridized carbons (Fsp3) is 0.167. The highest BCUT2D eigenvalue weighted by Crippen LogP contribution is 2.29. The van der Waals surface area contributed by atoms with Gasteiger partial charge in [-0.05, 0) is 16.3 Å². The molecular weight excluding hydrogens is 262 g/mol. The van der Waals surface area contributed by atoms with E-state index in [-0.39, 0.29) is 5.56 Å². The molecule has 0 heterocycles. The molecule has 0 amide bonds. The van der Waals surface area contributed by atoms with Gasteiger partial charge in [-0.1, -0.05) is 42.5 Å². The lowest BCUT2D eigenvalue weighted by molar-refractivity contribution is 0.0803. The lowest BCUT2D eigenvalue weighted by Gasteiger charge is -2.20. The van der Waals surface area contributed by atoms with Gasteiger partial charge in [-0.2, -0.15) is 8.78 Å². The van der Waals surface area contributed by atoms with Gasteiger partial charge in [-0.3, -0.25) is 0 Å². The van der Waals surface area contributed by atoms with Gasteiger partial charge < -0.3 is 4.55 Å². The molecule has 0 saturated carbocycles. The van der Waals surface area contributed by atoms with Crippen LogP contribution < -0.4 is 0 Å². The van der Waals surface area contributed by atoms with Gasteiger partial charge in [0.15, 0.2) is 10.1 Å². The zero-order valence-corrected chi connectivity index (χ0v) is 9.95. The molecule has 0 aliphatic heterocycles. The Morgan fingerprint density at radius 1 is 1.06 bits per heavy atom. The second-order valence-corrected chi connectivity index (χ2v) is 5.41. The van der Waals surface area contributed by atoms with Crippen LogP contribution in [0.1, 0.15) is 5.56 Å². The Bertz CT molecular complexity index is 675. The molecule has 0 unspecified atom stereocenters. The van der Waals surface area contributed by atoms with E-state index in [4.69, 9.17) is 0 Å². The normalized spacial score (nSPS) is 12.8. The molecule has 0 fully saturated rings. The van der Waals surface area contributed by atoms with Crippen LogP contribution in [0.5, 0.6) is 0 Å². The molecule has 96 valence electrons. The molecule has 0 N–H and O–H groups in total. The van der Waals surface area contributed by atoms with E-state index in [9.17, 15) is 21.8 Å². The summed E-state index contributed by atoms with van der Waals surface area (Å²) in [4.78, 5) is 0. The van der Waals surface area contributed by atoms with Crippen LogP contribution in [-0.2, 0) is 16.5 Å². The molecule has 0 saturated heterocycles. The monoisotopic (exact) mass is 271 g/mol. The molecule has 0 radical (unpaired) electrons. The average Bonchev–Trinajstić information content (AvgIpc) is 2.27. The standard InChI is InChI=1S/C12H10F2O3S/c13-12(14,18(15,16)17)8-10-6-3-5-9-4-1-2-7-11(9)10/h1-7H,8H2,(H,15,16,17)/p-1. The first-order valence-corrected chi connectivity index (χ1v) is 6.52. The van der Waals surface area contributed by atoms with Crippen molar-refractivity contribution >= 4 is 20.9 Å². The highest BCUT2D eigenvalue weighted by atomic mass is 32.2. The predicted octanol–water partition coefficient (Wildman–Crippen LogP) is 2.52. The molecular formula is C12H9F2O3S-. The Morgan fingerprint density at radius 3 is 2.33 bits per heavy atom. The number of rotatable bonds is 3. The third kappa shape index (κ3) is 2.34. The Morgan fingerprint density at radius 2 is 1.67 bits per heavy atom. The van der Waals surface area contributed by atoms with Crippen LogP contribution in [0.4, 0.5) is 8.78 Å². The highest BCUT2D eigenvalue weighted by molar-refractivity contribution is 7.86. The van der Waals surface area contributed by atoms with Crippen LogP contribution in [0.3, 0.4) is 0 Å². The number of benzene rings is 2. The number of hydrogen-bond acceptors (Lipinski definition) is 3. The molecule has 2 aromatic rings. The maximum atomic E-state index is 13.2. The van der Waals surface area contributed by atoms with Crippen molar-refractivity contribution in [1.29, 1.82) is 0 Å². The number of hydrogen-bond donors (Lipinski definition) is 0. The smallest absolute Gasteiger partial charge is 0.338 e. The van der Waals surface area contributed by atoms with Gasteiger partial charge in [0, 0.05) is 0 Å². The lowest BCUT2D eigenvalue weighted by atomic mass is 10.0. The molecule has 2 rings (SSSR count). The van der Waals surface area contributed by atoms with Gasteiger partial charge in [0.1, 0.15) is 0 Å². The molecule has 3 nitrogen and oxygen atoms in total. The van der Waals surface area contributed by atoms with E-state index in [1.54, 1.807) is 36.4 Å². The zero-order chi connectivity index (χ0) is 13.4. The summed E-state index contributed by atoms with van der Waals surface area (Å²) in [6.07, 6.45) is -1.11. The quantitative estimate of drug-likeness (QED) is 0.806. The first-order chi connectivity index (χ1) is 8.31. The van der Waals surface area contributed by atoms with E-state index in [1.165, 1.54) is 6.07 Å². The first kappa shape index (κ1) is 12.9. The van der Waals surface area contributed by atoms with Crippen molar-refractivity contribution in [2.24, 2.45) is 0 Å². The van der Waals surface area contributed by atoms with Crippen molar-refractivity contribution in [3.05, 3.63) is 48.0 Å². The summed E-state index contributed by atoms with van der Waals surface area (Å²) in [6.45, 7) is 0. The number of halogens is 2. The molecule has 2 aromatic carbocycles. The molecule has 0 aliphatic carbocycles. The van der Waals surface area contributed by atoms with E-state index in [0.717, 1.165) is 0 Å². The molecule has 0 spiro atoms. The number of fused-ring (bicyclic) bond motifs is 1. The fourth-order valence-electron chi connectivity index (χ4n) is 1.76. The van der Waals surface area contributed by atoms with Gasteiger partial charge >= 0.3 is 5.25 Å². The Kier molecular flexibility index (Phi) is 3.08. The summed E-state index contributed by atoms with van der Waals surface area (Å²) >= 11 is 0. The average molecular weight is 271 g/mol. The van der Waals surface area contributed by atoms with Gasteiger partial charge in [-0.25, -0.2) is 8.42 Å². The van der Waals surface area contributed by atoms with Crippen LogP contribution in [0, 0.1) is 0 Å². The second-order valence-electron chi connectivity index (χ2n) is 3.91. The summed E-state index contributed by atoms with van der Waals surface area (Å²) in [5.74, 6) is 0. The lowest BCUT2D eigenvalue weighted by Crippen LogP contribution is -2.30. The van der Waals surface area contributed by atoms with Crippen LogP contribution in [-0.4, -0.2) is 18.2 Å². The Balaban J connectivity index is 2.51. The largest absolute Gasteiger partial charge is 0.743 e. The number of alkyl halides is 2. The Hall–Kier alpha value is -1.53. The predicted molar refractivity (Wildman–Crippen MR) is 62.3 cm³/mol. The van der Waals surface area contributed by atoms with Crippen LogP contribution >= 0.6 is 0 Å². The minimum atomic E-state index is -5.65. The SMILES string of the molecule is O=S(=O)([O-])C(F)(F)Cc1cccc2ccccc12. The van der Waals surface area contributed by atoms with E-state index < -0.39 is 21.8 Å². The van der Waals surface area contributed by atoms with Crippen molar-refractivity contribution in [3.63, 3.8) is 0 Å². The van der Waals surface area contributed by atoms with Gasteiger partial charge in [-0.15, -0.1) is 0 Å². The summed E-state index contributed by atoms with van der Waals surface area (Å²) in [5.41, 5.74) is 0.137. The van der Waals surface area contributed by atoms with Crippen molar-refractivity contribution < 1.29 is 21.8 Å². The summed E-state index contributed by atoms with van der Waals surface area (Å²) < 4.78 is 58.0. The zero-order valence-electron chi connectivity index (χ0n) is 9.14. The van der Waals surface area contributed by atoms with E-state index in [1.807, 2.05) is 0 Å². The topological polar surface area (TPSA) is 57.2 Å². The van der Waals surface area contributed by atoms with Crippen molar-refractivity contribution in [3.8, 4) is 0 Å². The van der Waals surface area contributed by atoms with Gasteiger partial charge in [0.05, 0.1) is 6.42 Å². The van der Waals surface area contributed by atoms with Crippen molar-refractivity contribution in [2.75, 3.05) is 0 Å². The first-order valence-electron chi connectivity index (χ1n) is 5.11. The van der Waals surface area contributed by atoms with Gasteiger partial charge in [0.25, 0.3) is 0 Å². The van der Waals surface area contributed by atoms with Crippen molar-refractivity contribution in [1.82, 2.24) is 0 Å². The fourth-order valence-corrected chi connectivity index (χ4v) is 2.09. The third-order valence-electron chi connectivity index (χ3n) is 2.64. The molecule has 0 atom stereocenters. The molecule has 6 heteroatoms. The summed E-state index contributed by atoms with van der Waals surface area (Å²) in [6, 6.07) is 11.4. The summed E-state index contributed by atoms with van der Waals surface area (Å²) in [5, 5.41) is -3.06. The maximum absolute atomic E-state index is 13.2. The van der Waals surface area contributed by atoms with Crippen LogP contribution in [0.2, 0.25) is 0 Å². The minimum absolute atomic E-state index is 0.137. The molecule has 0 aromatic heterocycles. The molecule has 18 heavy (non-hydrogen) atoms. The second kappa shape index (κ2) is 4.29. The van der Waals surface area contributed by atoms with Crippen molar-refractivity contribution in [2.45, 2.75) is 11.7 Å². The minimum Gasteiger partial charge on any atom is -0.743 e.